The normalized spacial score (nSPS) is 12.2. The van der Waals surface area contributed by atoms with E-state index in [0.717, 1.165) is 6.07 Å². The van der Waals surface area contributed by atoms with Gasteiger partial charge in [-0.25, -0.2) is 0 Å². The van der Waals surface area contributed by atoms with Gasteiger partial charge in [0.2, 0.25) is 0 Å². The first-order valence-electron chi connectivity index (χ1n) is 9.19. The van der Waals surface area contributed by atoms with E-state index in [4.69, 9.17) is 5.84 Å². The molecule has 0 saturated carbocycles. The molecule has 1 aromatic heterocycles. The fourth-order valence-electron chi connectivity index (χ4n) is 3.17. The lowest BCUT2D eigenvalue weighted by Gasteiger charge is -2.08. The van der Waals surface area contributed by atoms with Crippen LogP contribution in [-0.4, -0.2) is 23.1 Å². The molecule has 11 heteroatoms. The quantitative estimate of drug-likeness (QED) is 0.164. The SMILES string of the molecule is NN=Nc1c(N=Nc2ccc(-c3ccccc3O)nc2)cc(S(=O)(=O)O)c2ccccc12. The number of hydrogen-bond donors (Lipinski definition) is 3. The van der Waals surface area contributed by atoms with Crippen molar-refractivity contribution in [3.8, 4) is 17.0 Å². The number of phenolic OH excluding ortho intramolecular Hbond substituents is 1. The highest BCUT2D eigenvalue weighted by molar-refractivity contribution is 7.86. The van der Waals surface area contributed by atoms with Gasteiger partial charge in [0.25, 0.3) is 10.1 Å². The summed E-state index contributed by atoms with van der Waals surface area (Å²) in [6.07, 6.45) is 1.44. The van der Waals surface area contributed by atoms with Gasteiger partial charge in [0, 0.05) is 16.3 Å². The van der Waals surface area contributed by atoms with Crippen LogP contribution in [-0.2, 0) is 10.1 Å². The lowest BCUT2D eigenvalue weighted by Crippen LogP contribution is -1.99. The standard InChI is InChI=1S/C21H16N6O4S/c22-27-26-21-15-6-2-1-5-14(15)20(32(29,30)31)11-18(21)25-24-13-9-10-17(23-12-13)16-7-3-4-8-19(16)28/h1-12,28H,(H2,22,26)(H,29,30,31). The average Bonchev–Trinajstić information content (AvgIpc) is 2.78. The molecule has 0 fully saturated rings. The van der Waals surface area contributed by atoms with Gasteiger partial charge in [-0.2, -0.15) is 8.42 Å². The molecule has 0 amide bonds. The van der Waals surface area contributed by atoms with Gasteiger partial charge in [-0.15, -0.1) is 15.3 Å². The molecule has 0 atom stereocenters. The first kappa shape index (κ1) is 21.0. The molecule has 3 aromatic carbocycles. The maximum absolute atomic E-state index is 11.9. The maximum Gasteiger partial charge on any atom is 0.295 e. The molecule has 4 rings (SSSR count). The van der Waals surface area contributed by atoms with Gasteiger partial charge < -0.3 is 10.9 Å². The van der Waals surface area contributed by atoms with Gasteiger partial charge >= 0.3 is 0 Å². The van der Waals surface area contributed by atoms with E-state index in [-0.39, 0.29) is 27.4 Å². The third-order valence-corrected chi connectivity index (χ3v) is 5.49. The molecule has 1 heterocycles. The molecule has 0 bridgehead atoms. The predicted molar refractivity (Wildman–Crippen MR) is 118 cm³/mol. The van der Waals surface area contributed by atoms with Gasteiger partial charge in [-0.3, -0.25) is 9.54 Å². The van der Waals surface area contributed by atoms with Crippen molar-refractivity contribution in [2.45, 2.75) is 4.90 Å². The van der Waals surface area contributed by atoms with Crippen LogP contribution in [0.5, 0.6) is 5.75 Å². The summed E-state index contributed by atoms with van der Waals surface area (Å²) in [6.45, 7) is 0. The van der Waals surface area contributed by atoms with Crippen LogP contribution in [0.3, 0.4) is 0 Å². The molecular weight excluding hydrogens is 432 g/mol. The zero-order valence-corrected chi connectivity index (χ0v) is 17.2. The first-order chi connectivity index (χ1) is 15.4. The summed E-state index contributed by atoms with van der Waals surface area (Å²) < 4.78 is 33.5. The zero-order chi connectivity index (χ0) is 22.7. The van der Waals surface area contributed by atoms with Crippen molar-refractivity contribution in [2.24, 2.45) is 26.4 Å². The molecule has 0 aliphatic carbocycles. The number of aromatic nitrogens is 1. The minimum absolute atomic E-state index is 0.0373. The minimum atomic E-state index is -4.55. The lowest BCUT2D eigenvalue weighted by atomic mass is 10.1. The molecule has 4 aromatic rings. The van der Waals surface area contributed by atoms with Crippen molar-refractivity contribution in [2.75, 3.05) is 0 Å². The van der Waals surface area contributed by atoms with Crippen LogP contribution in [0.4, 0.5) is 17.1 Å². The Balaban J connectivity index is 1.78. The number of nitrogens with zero attached hydrogens (tertiary/aromatic N) is 5. The molecular formula is C21H16N6O4S. The van der Waals surface area contributed by atoms with Crippen molar-refractivity contribution in [3.63, 3.8) is 0 Å². The van der Waals surface area contributed by atoms with Crippen LogP contribution in [0.15, 0.2) is 98.4 Å². The molecule has 0 unspecified atom stereocenters. The summed E-state index contributed by atoms with van der Waals surface area (Å²) >= 11 is 0. The number of rotatable bonds is 5. The number of nitrogens with two attached hydrogens (primary N) is 1. The monoisotopic (exact) mass is 448 g/mol. The summed E-state index contributed by atoms with van der Waals surface area (Å²) in [5.41, 5.74) is 1.70. The Morgan fingerprint density at radius 1 is 0.875 bits per heavy atom. The highest BCUT2D eigenvalue weighted by Crippen LogP contribution is 2.40. The Bertz CT molecular complexity index is 1470. The van der Waals surface area contributed by atoms with E-state index in [1.807, 2.05) is 0 Å². The number of azo groups is 1. The lowest BCUT2D eigenvalue weighted by molar-refractivity contribution is 0.477. The summed E-state index contributed by atoms with van der Waals surface area (Å²) in [5.74, 6) is 5.32. The van der Waals surface area contributed by atoms with Gasteiger partial charge in [-0.1, -0.05) is 41.6 Å². The average molecular weight is 448 g/mol. The Morgan fingerprint density at radius 2 is 1.59 bits per heavy atom. The topological polar surface area (TPSA) is 163 Å². The maximum atomic E-state index is 11.9. The predicted octanol–water partition coefficient (Wildman–Crippen LogP) is 5.23. The van der Waals surface area contributed by atoms with E-state index in [1.54, 1.807) is 54.6 Å². The Kier molecular flexibility index (Phi) is 5.58. The van der Waals surface area contributed by atoms with E-state index in [2.05, 4.69) is 25.5 Å². The Morgan fingerprint density at radius 3 is 2.25 bits per heavy atom. The number of phenols is 1. The number of fused-ring (bicyclic) bond motifs is 1. The third-order valence-electron chi connectivity index (χ3n) is 4.59. The second-order valence-corrected chi connectivity index (χ2v) is 7.99. The summed E-state index contributed by atoms with van der Waals surface area (Å²) in [4.78, 5) is 3.93. The molecule has 32 heavy (non-hydrogen) atoms. The van der Waals surface area contributed by atoms with Gasteiger partial charge in [0.05, 0.1) is 11.9 Å². The number of hydrogen-bond acceptors (Lipinski definition) is 8. The molecule has 160 valence electrons. The van der Waals surface area contributed by atoms with Crippen LogP contribution in [0.1, 0.15) is 0 Å². The summed E-state index contributed by atoms with van der Waals surface area (Å²) in [7, 11) is -4.55. The van der Waals surface area contributed by atoms with Gasteiger partial charge in [-0.05, 0) is 30.3 Å². The van der Waals surface area contributed by atoms with Crippen molar-refractivity contribution in [3.05, 3.63) is 72.9 Å². The molecule has 0 saturated heterocycles. The first-order valence-corrected chi connectivity index (χ1v) is 10.6. The Labute approximate surface area is 182 Å². The van der Waals surface area contributed by atoms with Crippen LogP contribution in [0.25, 0.3) is 22.0 Å². The van der Waals surface area contributed by atoms with Gasteiger partial charge in [0.1, 0.15) is 27.7 Å². The second-order valence-electron chi connectivity index (χ2n) is 6.60. The van der Waals surface area contributed by atoms with E-state index in [1.165, 1.54) is 12.3 Å². The van der Waals surface area contributed by atoms with Crippen LogP contribution < -0.4 is 5.84 Å². The van der Waals surface area contributed by atoms with Crippen molar-refractivity contribution in [1.82, 2.24) is 4.98 Å². The molecule has 0 aliphatic rings. The van der Waals surface area contributed by atoms with Crippen LogP contribution in [0.2, 0.25) is 0 Å². The highest BCUT2D eigenvalue weighted by atomic mass is 32.2. The summed E-state index contributed by atoms with van der Waals surface area (Å²) in [6, 6.07) is 17.7. The number of para-hydroxylation sites is 1. The van der Waals surface area contributed by atoms with E-state index >= 15 is 0 Å². The highest BCUT2D eigenvalue weighted by Gasteiger charge is 2.20. The zero-order valence-electron chi connectivity index (χ0n) is 16.4. The van der Waals surface area contributed by atoms with Crippen molar-refractivity contribution >= 4 is 38.0 Å². The van der Waals surface area contributed by atoms with E-state index in [9.17, 15) is 18.1 Å². The van der Waals surface area contributed by atoms with Crippen molar-refractivity contribution < 1.29 is 18.1 Å². The number of pyridine rings is 1. The van der Waals surface area contributed by atoms with E-state index in [0.29, 0.717) is 22.3 Å². The fourth-order valence-corrected chi connectivity index (χ4v) is 3.89. The second kappa shape index (κ2) is 8.49. The minimum Gasteiger partial charge on any atom is -0.507 e. The molecule has 0 aliphatic heterocycles. The fraction of sp³-hybridized carbons (Fsp3) is 0. The molecule has 0 radical (unpaired) electrons. The van der Waals surface area contributed by atoms with Crippen LogP contribution in [0, 0.1) is 0 Å². The molecule has 10 nitrogen and oxygen atoms in total. The Hall–Kier alpha value is -4.22. The number of aromatic hydroxyl groups is 1. The molecule has 0 spiro atoms. The smallest absolute Gasteiger partial charge is 0.295 e. The third kappa shape index (κ3) is 4.15. The van der Waals surface area contributed by atoms with Crippen LogP contribution >= 0.6 is 0 Å². The molecule has 4 N–H and O–H groups in total. The largest absolute Gasteiger partial charge is 0.507 e. The summed E-state index contributed by atoms with van der Waals surface area (Å²) in [5, 5.41) is 25.9. The van der Waals surface area contributed by atoms with E-state index < -0.39 is 10.1 Å². The van der Waals surface area contributed by atoms with Crippen molar-refractivity contribution in [1.29, 1.82) is 0 Å². The van der Waals surface area contributed by atoms with Gasteiger partial charge in [0.15, 0.2) is 0 Å². The number of benzene rings is 3.